The molecule has 1 aromatic carbocycles. The number of hydrogen-bond acceptors (Lipinski definition) is 4. The zero-order valence-electron chi connectivity index (χ0n) is 12.1. The van der Waals surface area contributed by atoms with Crippen molar-refractivity contribution in [3.63, 3.8) is 0 Å². The van der Waals surface area contributed by atoms with Crippen molar-refractivity contribution in [3.05, 3.63) is 29.8 Å². The van der Waals surface area contributed by atoms with E-state index in [0.29, 0.717) is 18.7 Å². The fourth-order valence-electron chi connectivity index (χ4n) is 3.18. The second-order valence-corrected chi connectivity index (χ2v) is 7.84. The number of hydrogen-bond donors (Lipinski definition) is 2. The van der Waals surface area contributed by atoms with Gasteiger partial charge in [-0.1, -0.05) is 0 Å². The van der Waals surface area contributed by atoms with Crippen molar-refractivity contribution in [1.29, 1.82) is 0 Å². The largest absolute Gasteiger partial charge is 0.366 e. The number of nitrogens with zero attached hydrogens (tertiary/aromatic N) is 1. The highest BCUT2D eigenvalue weighted by atomic mass is 35.5. The van der Waals surface area contributed by atoms with Crippen LogP contribution in [0.15, 0.2) is 29.2 Å². The topological polar surface area (TPSA) is 92.5 Å². The van der Waals surface area contributed by atoms with Gasteiger partial charge in [0.25, 0.3) is 0 Å². The van der Waals surface area contributed by atoms with Crippen LogP contribution in [0.3, 0.4) is 0 Å². The van der Waals surface area contributed by atoms with E-state index < -0.39 is 15.9 Å². The summed E-state index contributed by atoms with van der Waals surface area (Å²) in [5, 5.41) is 3.31. The highest BCUT2D eigenvalue weighted by molar-refractivity contribution is 7.89. The van der Waals surface area contributed by atoms with Gasteiger partial charge in [0.1, 0.15) is 0 Å². The van der Waals surface area contributed by atoms with Gasteiger partial charge in [-0.25, -0.2) is 8.42 Å². The monoisotopic (exact) mass is 345 g/mol. The predicted octanol–water partition coefficient (Wildman–Crippen LogP) is 0.581. The summed E-state index contributed by atoms with van der Waals surface area (Å²) in [4.78, 5) is 11.3. The Kier molecular flexibility index (Phi) is 4.81. The fourth-order valence-corrected chi connectivity index (χ4v) is 4.74. The summed E-state index contributed by atoms with van der Waals surface area (Å²) < 4.78 is 26.8. The molecule has 1 spiro atoms. The molecule has 2 heterocycles. The molecule has 2 aliphatic heterocycles. The molecule has 0 saturated carbocycles. The highest BCUT2D eigenvalue weighted by Crippen LogP contribution is 2.38. The second-order valence-electron chi connectivity index (χ2n) is 5.90. The highest BCUT2D eigenvalue weighted by Gasteiger charge is 2.44. The lowest BCUT2D eigenvalue weighted by molar-refractivity contribution is 0.1000. The van der Waals surface area contributed by atoms with E-state index in [4.69, 9.17) is 5.73 Å². The molecule has 3 rings (SSSR count). The van der Waals surface area contributed by atoms with Crippen molar-refractivity contribution in [2.24, 2.45) is 11.1 Å². The van der Waals surface area contributed by atoms with Crippen LogP contribution in [0, 0.1) is 5.41 Å². The van der Waals surface area contributed by atoms with Gasteiger partial charge < -0.3 is 11.1 Å². The molecule has 122 valence electrons. The number of carbonyl (C=O) groups is 1. The van der Waals surface area contributed by atoms with Crippen LogP contribution in [-0.4, -0.2) is 44.8 Å². The molecule has 2 aliphatic rings. The van der Waals surface area contributed by atoms with Gasteiger partial charge in [-0.15, -0.1) is 12.4 Å². The van der Waals surface area contributed by atoms with E-state index in [9.17, 15) is 13.2 Å². The number of carbonyl (C=O) groups excluding carboxylic acids is 1. The van der Waals surface area contributed by atoms with Crippen LogP contribution in [-0.2, 0) is 10.0 Å². The molecular weight excluding hydrogens is 326 g/mol. The average Bonchev–Trinajstić information content (AvgIpc) is 3.10. The van der Waals surface area contributed by atoms with E-state index in [-0.39, 0.29) is 22.7 Å². The van der Waals surface area contributed by atoms with Gasteiger partial charge in [-0.3, -0.25) is 4.79 Å². The third-order valence-electron chi connectivity index (χ3n) is 4.51. The molecule has 2 saturated heterocycles. The summed E-state index contributed by atoms with van der Waals surface area (Å²) in [6, 6.07) is 5.82. The number of halogens is 1. The first kappa shape index (κ1) is 17.2. The Bertz CT molecular complexity index is 654. The molecule has 0 radical (unpaired) electrons. The van der Waals surface area contributed by atoms with Crippen molar-refractivity contribution in [1.82, 2.24) is 9.62 Å². The molecule has 1 unspecified atom stereocenters. The summed E-state index contributed by atoms with van der Waals surface area (Å²) in [5.74, 6) is -0.559. The summed E-state index contributed by atoms with van der Waals surface area (Å²) >= 11 is 0. The first-order chi connectivity index (χ1) is 9.93. The van der Waals surface area contributed by atoms with E-state index in [1.807, 2.05) is 0 Å². The maximum absolute atomic E-state index is 12.6. The molecule has 1 aromatic rings. The molecule has 0 bridgehead atoms. The number of primary amides is 1. The molecule has 0 aromatic heterocycles. The Morgan fingerprint density at radius 1 is 1.23 bits per heavy atom. The lowest BCUT2D eigenvalue weighted by atomic mass is 9.87. The number of nitrogens with one attached hydrogen (secondary N) is 1. The molecule has 6 nitrogen and oxygen atoms in total. The Balaban J connectivity index is 0.00000176. The maximum Gasteiger partial charge on any atom is 0.248 e. The van der Waals surface area contributed by atoms with Gasteiger partial charge in [0.05, 0.1) is 4.90 Å². The van der Waals surface area contributed by atoms with Gasteiger partial charge in [0.15, 0.2) is 0 Å². The minimum atomic E-state index is -3.49. The van der Waals surface area contributed by atoms with Gasteiger partial charge >= 0.3 is 0 Å². The van der Waals surface area contributed by atoms with E-state index in [1.54, 1.807) is 4.31 Å². The third-order valence-corrected chi connectivity index (χ3v) is 6.37. The lowest BCUT2D eigenvalue weighted by Gasteiger charge is -2.22. The average molecular weight is 346 g/mol. The standard InChI is InChI=1S/C14H19N3O3S.ClH/c15-13(18)11-1-3-12(4-2-11)21(19,20)17-8-6-14(10-17)5-7-16-9-14;/h1-4,16H,5-10H2,(H2,15,18);1H. The minimum Gasteiger partial charge on any atom is -0.366 e. The first-order valence-electron chi connectivity index (χ1n) is 7.04. The smallest absolute Gasteiger partial charge is 0.248 e. The summed E-state index contributed by atoms with van der Waals surface area (Å²) in [6.45, 7) is 2.97. The number of benzene rings is 1. The SMILES string of the molecule is Cl.NC(=O)c1ccc(S(=O)(=O)N2CCC3(CCNC3)C2)cc1. The van der Waals surface area contributed by atoms with E-state index in [1.165, 1.54) is 24.3 Å². The van der Waals surface area contributed by atoms with Crippen molar-refractivity contribution in [3.8, 4) is 0 Å². The molecule has 1 atom stereocenters. The quantitative estimate of drug-likeness (QED) is 0.838. The van der Waals surface area contributed by atoms with E-state index in [2.05, 4.69) is 5.32 Å². The summed E-state index contributed by atoms with van der Waals surface area (Å²) in [5.41, 5.74) is 5.58. The molecule has 8 heteroatoms. The summed E-state index contributed by atoms with van der Waals surface area (Å²) in [7, 11) is -3.49. The predicted molar refractivity (Wildman–Crippen MR) is 85.5 cm³/mol. The van der Waals surface area contributed by atoms with E-state index >= 15 is 0 Å². The second kappa shape index (κ2) is 6.16. The Hall–Kier alpha value is -1.15. The van der Waals surface area contributed by atoms with Gasteiger partial charge in [-0.2, -0.15) is 4.31 Å². The Morgan fingerprint density at radius 2 is 1.91 bits per heavy atom. The zero-order chi connectivity index (χ0) is 15.1. The van der Waals surface area contributed by atoms with Crippen LogP contribution in [0.25, 0.3) is 0 Å². The minimum absolute atomic E-state index is 0. The van der Waals surface area contributed by atoms with Crippen molar-refractivity contribution >= 4 is 28.3 Å². The van der Waals surface area contributed by atoms with Gasteiger partial charge in [-0.05, 0) is 49.1 Å². The molecule has 1 amide bonds. The van der Waals surface area contributed by atoms with Crippen molar-refractivity contribution < 1.29 is 13.2 Å². The van der Waals surface area contributed by atoms with Crippen LogP contribution in [0.4, 0.5) is 0 Å². The molecule has 2 fully saturated rings. The Labute approximate surface area is 136 Å². The number of rotatable bonds is 3. The normalized spacial score (nSPS) is 25.3. The first-order valence-corrected chi connectivity index (χ1v) is 8.48. The fraction of sp³-hybridized carbons (Fsp3) is 0.500. The van der Waals surface area contributed by atoms with Crippen LogP contribution in [0.2, 0.25) is 0 Å². The maximum atomic E-state index is 12.6. The van der Waals surface area contributed by atoms with E-state index in [0.717, 1.165) is 25.9 Å². The Morgan fingerprint density at radius 3 is 2.45 bits per heavy atom. The molecular formula is C14H20ClN3O3S. The third kappa shape index (κ3) is 2.99. The van der Waals surface area contributed by atoms with Crippen LogP contribution < -0.4 is 11.1 Å². The number of sulfonamides is 1. The zero-order valence-corrected chi connectivity index (χ0v) is 13.8. The van der Waals surface area contributed by atoms with Crippen molar-refractivity contribution in [2.75, 3.05) is 26.2 Å². The molecule has 3 N–H and O–H groups in total. The lowest BCUT2D eigenvalue weighted by Crippen LogP contribution is -2.33. The molecule has 22 heavy (non-hydrogen) atoms. The van der Waals surface area contributed by atoms with Crippen LogP contribution in [0.1, 0.15) is 23.2 Å². The van der Waals surface area contributed by atoms with Crippen LogP contribution >= 0.6 is 12.4 Å². The van der Waals surface area contributed by atoms with Gasteiger partial charge in [0, 0.05) is 25.2 Å². The molecule has 0 aliphatic carbocycles. The van der Waals surface area contributed by atoms with Gasteiger partial charge in [0.2, 0.25) is 15.9 Å². The summed E-state index contributed by atoms with van der Waals surface area (Å²) in [6.07, 6.45) is 1.93. The van der Waals surface area contributed by atoms with Crippen LogP contribution in [0.5, 0.6) is 0 Å². The number of amides is 1. The number of nitrogens with two attached hydrogens (primary N) is 1. The van der Waals surface area contributed by atoms with Crippen molar-refractivity contribution in [2.45, 2.75) is 17.7 Å².